The molecule has 0 fully saturated rings. The number of halogens is 1. The van der Waals surface area contributed by atoms with Crippen LogP contribution in [0.1, 0.15) is 22.1 Å². The molecule has 0 spiro atoms. The van der Waals surface area contributed by atoms with Crippen molar-refractivity contribution in [3.8, 4) is 0 Å². The third kappa shape index (κ3) is 2.24. The summed E-state index contributed by atoms with van der Waals surface area (Å²) >= 11 is 5.29. The molecule has 0 amide bonds. The Hall–Kier alpha value is -1.10. The minimum Gasteiger partial charge on any atom is -0.358 e. The molecule has 0 radical (unpaired) electrons. The summed E-state index contributed by atoms with van der Waals surface area (Å²) in [5, 5.41) is 1.28. The molecule has 2 aromatic heterocycles. The molecule has 0 saturated carbocycles. The van der Waals surface area contributed by atoms with Crippen molar-refractivity contribution in [3.63, 3.8) is 0 Å². The van der Waals surface area contributed by atoms with Gasteiger partial charge >= 0.3 is 0 Å². The molecule has 1 aromatic carbocycles. The normalized spacial score (nSPS) is 13.0. The molecule has 1 unspecified atom stereocenters. The number of thiophene rings is 1. The minimum atomic E-state index is 0.257. The number of para-hydroxylation sites is 1. The van der Waals surface area contributed by atoms with E-state index in [-0.39, 0.29) is 5.92 Å². The van der Waals surface area contributed by atoms with Crippen LogP contribution in [0.15, 0.2) is 40.2 Å². The van der Waals surface area contributed by atoms with Crippen molar-refractivity contribution in [2.45, 2.75) is 12.8 Å². The van der Waals surface area contributed by atoms with Gasteiger partial charge < -0.3 is 10.7 Å². The van der Waals surface area contributed by atoms with Gasteiger partial charge in [0.05, 0.1) is 3.79 Å². The largest absolute Gasteiger partial charge is 0.358 e. The van der Waals surface area contributed by atoms with E-state index < -0.39 is 0 Å². The van der Waals surface area contributed by atoms with Crippen LogP contribution in [-0.2, 0) is 0 Å². The maximum absolute atomic E-state index is 6.04. The Labute approximate surface area is 124 Å². The van der Waals surface area contributed by atoms with Crippen LogP contribution >= 0.6 is 27.3 Å². The number of nitrogens with two attached hydrogens (primary N) is 1. The molecule has 0 saturated heterocycles. The summed E-state index contributed by atoms with van der Waals surface area (Å²) < 4.78 is 1.15. The fourth-order valence-electron chi connectivity index (χ4n) is 2.64. The Morgan fingerprint density at radius 1 is 1.26 bits per heavy atom. The first-order valence-corrected chi connectivity index (χ1v) is 7.84. The van der Waals surface area contributed by atoms with E-state index in [2.05, 4.69) is 64.2 Å². The Morgan fingerprint density at radius 2 is 2.05 bits per heavy atom. The summed E-state index contributed by atoms with van der Waals surface area (Å²) in [6.07, 6.45) is 0. The lowest BCUT2D eigenvalue weighted by molar-refractivity contribution is 0.834. The van der Waals surface area contributed by atoms with Crippen molar-refractivity contribution in [3.05, 3.63) is 56.3 Å². The molecular formula is C15H15BrN2S. The van der Waals surface area contributed by atoms with E-state index in [1.54, 1.807) is 11.3 Å². The van der Waals surface area contributed by atoms with Gasteiger partial charge in [-0.2, -0.15) is 0 Å². The number of nitrogens with one attached hydrogen (secondary N) is 1. The molecule has 4 heteroatoms. The van der Waals surface area contributed by atoms with Gasteiger partial charge in [-0.1, -0.05) is 18.2 Å². The number of fused-ring (bicyclic) bond motifs is 1. The zero-order valence-corrected chi connectivity index (χ0v) is 13.0. The van der Waals surface area contributed by atoms with Crippen molar-refractivity contribution in [2.75, 3.05) is 6.54 Å². The number of benzene rings is 1. The lowest BCUT2D eigenvalue weighted by atomic mass is 9.95. The number of aryl methyl sites for hydroxylation is 1. The number of aromatic nitrogens is 1. The summed E-state index contributed by atoms with van der Waals surface area (Å²) in [5.74, 6) is 0.257. The maximum atomic E-state index is 6.04. The summed E-state index contributed by atoms with van der Waals surface area (Å²) in [6.45, 7) is 2.75. The van der Waals surface area contributed by atoms with Crippen molar-refractivity contribution in [1.29, 1.82) is 0 Å². The highest BCUT2D eigenvalue weighted by Crippen LogP contribution is 2.37. The van der Waals surface area contributed by atoms with E-state index in [0.29, 0.717) is 6.54 Å². The van der Waals surface area contributed by atoms with E-state index in [9.17, 15) is 0 Å². The van der Waals surface area contributed by atoms with Crippen molar-refractivity contribution < 1.29 is 0 Å². The fourth-order valence-corrected chi connectivity index (χ4v) is 4.19. The van der Waals surface area contributed by atoms with Gasteiger partial charge in [0.15, 0.2) is 0 Å². The second kappa shape index (κ2) is 5.12. The van der Waals surface area contributed by atoms with E-state index in [1.165, 1.54) is 27.0 Å². The van der Waals surface area contributed by atoms with Gasteiger partial charge in [0.25, 0.3) is 0 Å². The number of hydrogen-bond acceptors (Lipinski definition) is 2. The third-order valence-corrected chi connectivity index (χ3v) is 5.20. The highest BCUT2D eigenvalue weighted by atomic mass is 79.9. The van der Waals surface area contributed by atoms with Crippen molar-refractivity contribution in [2.24, 2.45) is 5.73 Å². The van der Waals surface area contributed by atoms with Gasteiger partial charge in [0.1, 0.15) is 0 Å². The van der Waals surface area contributed by atoms with E-state index in [0.717, 1.165) is 3.79 Å². The molecule has 2 heterocycles. The van der Waals surface area contributed by atoms with Gasteiger partial charge in [0, 0.05) is 33.9 Å². The highest BCUT2D eigenvalue weighted by Gasteiger charge is 2.20. The Morgan fingerprint density at radius 3 is 2.74 bits per heavy atom. The molecule has 19 heavy (non-hydrogen) atoms. The summed E-state index contributed by atoms with van der Waals surface area (Å²) in [6, 6.07) is 12.7. The van der Waals surface area contributed by atoms with E-state index in [4.69, 9.17) is 5.73 Å². The topological polar surface area (TPSA) is 41.8 Å². The first-order chi connectivity index (χ1) is 9.20. The highest BCUT2D eigenvalue weighted by molar-refractivity contribution is 9.11. The van der Waals surface area contributed by atoms with Crippen LogP contribution in [0.25, 0.3) is 10.9 Å². The minimum absolute atomic E-state index is 0.257. The molecular weight excluding hydrogens is 320 g/mol. The third-order valence-electron chi connectivity index (χ3n) is 3.47. The molecule has 2 nitrogen and oxygen atoms in total. The average molecular weight is 335 g/mol. The quantitative estimate of drug-likeness (QED) is 0.732. The second-order valence-corrected chi connectivity index (χ2v) is 7.13. The molecule has 98 valence electrons. The van der Waals surface area contributed by atoms with Crippen LogP contribution in [0.5, 0.6) is 0 Å². The molecule has 0 bridgehead atoms. The maximum Gasteiger partial charge on any atom is 0.0701 e. The average Bonchev–Trinajstić information content (AvgIpc) is 2.96. The van der Waals surface area contributed by atoms with Gasteiger partial charge in [-0.25, -0.2) is 0 Å². The fraction of sp³-hybridized carbons (Fsp3) is 0.200. The molecule has 0 aliphatic rings. The van der Waals surface area contributed by atoms with E-state index >= 15 is 0 Å². The summed E-state index contributed by atoms with van der Waals surface area (Å²) in [7, 11) is 0. The first kappa shape index (κ1) is 12.9. The van der Waals surface area contributed by atoms with Gasteiger partial charge in [-0.05, 0) is 46.6 Å². The smallest absolute Gasteiger partial charge is 0.0701 e. The van der Waals surface area contributed by atoms with E-state index in [1.807, 2.05) is 0 Å². The zero-order valence-electron chi connectivity index (χ0n) is 10.6. The molecule has 0 aliphatic heterocycles. The lowest BCUT2D eigenvalue weighted by Gasteiger charge is -2.14. The lowest BCUT2D eigenvalue weighted by Crippen LogP contribution is -2.13. The van der Waals surface area contributed by atoms with Crippen LogP contribution in [0.2, 0.25) is 0 Å². The molecule has 3 aromatic rings. The van der Waals surface area contributed by atoms with Crippen molar-refractivity contribution >= 4 is 38.2 Å². The van der Waals surface area contributed by atoms with Gasteiger partial charge in [-0.15, -0.1) is 11.3 Å². The SMILES string of the molecule is Cc1[nH]c2ccccc2c1C(CN)c1ccc(Br)s1. The second-order valence-electron chi connectivity index (χ2n) is 4.64. The molecule has 0 aliphatic carbocycles. The van der Waals surface area contributed by atoms with Crippen LogP contribution in [0, 0.1) is 6.92 Å². The number of H-pyrrole nitrogens is 1. The van der Waals surface area contributed by atoms with Crippen LogP contribution in [-0.4, -0.2) is 11.5 Å². The van der Waals surface area contributed by atoms with Gasteiger partial charge in [0.2, 0.25) is 0 Å². The summed E-state index contributed by atoms with van der Waals surface area (Å²) in [5.41, 5.74) is 9.76. The Balaban J connectivity index is 2.18. The number of aromatic amines is 1. The van der Waals surface area contributed by atoms with Crippen LogP contribution in [0.3, 0.4) is 0 Å². The van der Waals surface area contributed by atoms with Crippen LogP contribution < -0.4 is 5.73 Å². The first-order valence-electron chi connectivity index (χ1n) is 6.23. The predicted octanol–water partition coefficient (Wildman–Crippen LogP) is 4.39. The van der Waals surface area contributed by atoms with Crippen LogP contribution in [0.4, 0.5) is 0 Å². The predicted molar refractivity (Wildman–Crippen MR) is 86.0 cm³/mol. The Kier molecular flexibility index (Phi) is 3.48. The molecule has 3 rings (SSSR count). The monoisotopic (exact) mass is 334 g/mol. The number of rotatable bonds is 3. The Bertz CT molecular complexity index is 714. The standard InChI is InChI=1S/C15H15BrN2S/c1-9-15(10-4-2-3-5-12(10)18-9)11(8-17)13-6-7-14(16)19-13/h2-7,11,18H,8,17H2,1H3. The number of hydrogen-bond donors (Lipinski definition) is 2. The molecule has 3 N–H and O–H groups in total. The van der Waals surface area contributed by atoms with Gasteiger partial charge in [-0.3, -0.25) is 0 Å². The zero-order chi connectivity index (χ0) is 13.4. The van der Waals surface area contributed by atoms with Crippen molar-refractivity contribution in [1.82, 2.24) is 4.98 Å². The summed E-state index contributed by atoms with van der Waals surface area (Å²) in [4.78, 5) is 4.76. The molecule has 1 atom stereocenters.